The lowest BCUT2D eigenvalue weighted by Gasteiger charge is -2.54. The quantitative estimate of drug-likeness (QED) is 0.849. The molecule has 2 aliphatic carbocycles. The van der Waals surface area contributed by atoms with Gasteiger partial charge in [-0.1, -0.05) is 41.5 Å². The second-order valence-corrected chi connectivity index (χ2v) is 9.73. The van der Waals surface area contributed by atoms with Crippen molar-refractivity contribution in [3.63, 3.8) is 0 Å². The standard InChI is InChI=1S/C20H35NO2/c1-12(2)9-16(22)21-18-19(5,6)14-10-15-17(13(3)4)23-8-7-20(15,18)11-14/h12-15,17-18H,7-11H2,1-6H3,(H,21,22)/t14-,15-,17-,18+,20?/m1/s1. The van der Waals surface area contributed by atoms with E-state index in [1.54, 1.807) is 0 Å². The first kappa shape index (κ1) is 17.3. The minimum Gasteiger partial charge on any atom is -0.378 e. The Balaban J connectivity index is 1.87. The van der Waals surface area contributed by atoms with Crippen molar-refractivity contribution in [2.75, 3.05) is 6.61 Å². The summed E-state index contributed by atoms with van der Waals surface area (Å²) in [6.45, 7) is 14.4. The summed E-state index contributed by atoms with van der Waals surface area (Å²) in [5.74, 6) is 2.57. The van der Waals surface area contributed by atoms with Crippen LogP contribution in [-0.4, -0.2) is 24.7 Å². The average molecular weight is 322 g/mol. The molecule has 1 aliphatic heterocycles. The first-order valence-corrected chi connectivity index (χ1v) is 9.59. The smallest absolute Gasteiger partial charge is 0.220 e. The molecule has 132 valence electrons. The van der Waals surface area contributed by atoms with Crippen molar-refractivity contribution < 1.29 is 9.53 Å². The maximum atomic E-state index is 12.5. The summed E-state index contributed by atoms with van der Waals surface area (Å²) in [6, 6.07) is 0.315. The third-order valence-electron chi connectivity index (χ3n) is 7.10. The largest absolute Gasteiger partial charge is 0.378 e. The Morgan fingerprint density at radius 3 is 2.57 bits per heavy atom. The van der Waals surface area contributed by atoms with Crippen LogP contribution in [0.5, 0.6) is 0 Å². The fraction of sp³-hybridized carbons (Fsp3) is 0.950. The van der Waals surface area contributed by atoms with Gasteiger partial charge in [0.05, 0.1) is 6.10 Å². The SMILES string of the molecule is CC(C)CC(=O)N[C@H]1C(C)(C)[C@@H]2C[C@@H]3[C@@H](C(C)C)OCCC31C2. The van der Waals surface area contributed by atoms with Gasteiger partial charge >= 0.3 is 0 Å². The van der Waals surface area contributed by atoms with E-state index in [4.69, 9.17) is 4.74 Å². The Morgan fingerprint density at radius 1 is 1.26 bits per heavy atom. The minimum atomic E-state index is 0.210. The van der Waals surface area contributed by atoms with Crippen LogP contribution in [0.2, 0.25) is 0 Å². The van der Waals surface area contributed by atoms with Gasteiger partial charge in [-0.3, -0.25) is 4.79 Å². The van der Waals surface area contributed by atoms with Gasteiger partial charge in [0.15, 0.2) is 0 Å². The predicted octanol–water partition coefficient (Wildman–Crippen LogP) is 4.01. The summed E-state index contributed by atoms with van der Waals surface area (Å²) in [5.41, 5.74) is 0.482. The lowest BCUT2D eigenvalue weighted by atomic mass is 9.58. The Hall–Kier alpha value is -0.570. The molecule has 2 bridgehead atoms. The van der Waals surface area contributed by atoms with E-state index in [2.05, 4.69) is 46.9 Å². The van der Waals surface area contributed by atoms with E-state index in [-0.39, 0.29) is 16.7 Å². The molecule has 2 saturated carbocycles. The molecule has 0 aromatic heterocycles. The fourth-order valence-corrected chi connectivity index (χ4v) is 6.08. The summed E-state index contributed by atoms with van der Waals surface area (Å²) >= 11 is 0. The molecule has 3 nitrogen and oxygen atoms in total. The van der Waals surface area contributed by atoms with Crippen LogP contribution in [0.4, 0.5) is 0 Å². The van der Waals surface area contributed by atoms with Crippen molar-refractivity contribution >= 4 is 5.91 Å². The van der Waals surface area contributed by atoms with E-state index < -0.39 is 0 Å². The molecule has 1 saturated heterocycles. The molecule has 3 heteroatoms. The molecule has 1 amide bonds. The van der Waals surface area contributed by atoms with Crippen molar-refractivity contribution in [3.05, 3.63) is 0 Å². The molecule has 0 aromatic rings. The highest BCUT2D eigenvalue weighted by atomic mass is 16.5. The van der Waals surface area contributed by atoms with E-state index in [1.807, 2.05) is 0 Å². The molecular weight excluding hydrogens is 286 g/mol. The highest BCUT2D eigenvalue weighted by molar-refractivity contribution is 5.76. The number of hydrogen-bond acceptors (Lipinski definition) is 2. The van der Waals surface area contributed by atoms with Gasteiger partial charge in [0.25, 0.3) is 0 Å². The molecule has 1 spiro atoms. The van der Waals surface area contributed by atoms with E-state index >= 15 is 0 Å². The molecule has 0 aromatic carbocycles. The zero-order chi connectivity index (χ0) is 17.0. The lowest BCUT2D eigenvalue weighted by Crippen LogP contribution is -2.60. The predicted molar refractivity (Wildman–Crippen MR) is 93.0 cm³/mol. The Morgan fingerprint density at radius 2 is 1.96 bits per heavy atom. The van der Waals surface area contributed by atoms with Gasteiger partial charge in [0, 0.05) is 19.1 Å². The number of carbonyl (C=O) groups is 1. The van der Waals surface area contributed by atoms with Gasteiger partial charge in [-0.05, 0) is 53.8 Å². The summed E-state index contributed by atoms with van der Waals surface area (Å²) in [7, 11) is 0. The van der Waals surface area contributed by atoms with Gasteiger partial charge in [0.2, 0.25) is 5.91 Å². The molecular formula is C20H35NO2. The molecule has 3 fully saturated rings. The zero-order valence-electron chi connectivity index (χ0n) is 15.8. The molecule has 3 rings (SSSR count). The monoisotopic (exact) mass is 321 g/mol. The first-order chi connectivity index (χ1) is 10.7. The summed E-state index contributed by atoms with van der Waals surface area (Å²) in [5, 5.41) is 3.49. The van der Waals surface area contributed by atoms with Gasteiger partial charge in [-0.2, -0.15) is 0 Å². The van der Waals surface area contributed by atoms with E-state index in [1.165, 1.54) is 12.8 Å². The van der Waals surface area contributed by atoms with E-state index in [0.29, 0.717) is 36.3 Å². The second kappa shape index (κ2) is 5.75. The summed E-state index contributed by atoms with van der Waals surface area (Å²) in [4.78, 5) is 12.5. The average Bonchev–Trinajstić information content (AvgIpc) is 2.91. The van der Waals surface area contributed by atoms with Crippen molar-refractivity contribution in [2.45, 2.75) is 79.4 Å². The molecule has 23 heavy (non-hydrogen) atoms. The number of hydrogen-bond donors (Lipinski definition) is 1. The van der Waals surface area contributed by atoms with Gasteiger partial charge in [-0.15, -0.1) is 0 Å². The third-order valence-corrected chi connectivity index (χ3v) is 7.10. The maximum absolute atomic E-state index is 12.5. The molecule has 0 radical (unpaired) electrons. The third kappa shape index (κ3) is 2.63. The molecule has 3 aliphatic rings. The molecule has 1 heterocycles. The normalized spacial score (nSPS) is 41.4. The second-order valence-electron chi connectivity index (χ2n) is 9.73. The van der Waals surface area contributed by atoms with Crippen LogP contribution in [0.1, 0.15) is 67.2 Å². The van der Waals surface area contributed by atoms with Crippen LogP contribution in [0.25, 0.3) is 0 Å². The van der Waals surface area contributed by atoms with Crippen LogP contribution in [0, 0.1) is 34.5 Å². The number of amides is 1. The highest BCUT2D eigenvalue weighted by Gasteiger charge is 2.68. The van der Waals surface area contributed by atoms with Crippen molar-refractivity contribution in [1.82, 2.24) is 5.32 Å². The van der Waals surface area contributed by atoms with E-state index in [9.17, 15) is 4.79 Å². The number of carbonyl (C=O) groups excluding carboxylic acids is 1. The molecule has 1 unspecified atom stereocenters. The van der Waals surface area contributed by atoms with Crippen LogP contribution >= 0.6 is 0 Å². The summed E-state index contributed by atoms with van der Waals surface area (Å²) in [6.07, 6.45) is 4.69. The lowest BCUT2D eigenvalue weighted by molar-refractivity contribution is -0.144. The zero-order valence-corrected chi connectivity index (χ0v) is 15.8. The number of ether oxygens (including phenoxy) is 1. The first-order valence-electron chi connectivity index (χ1n) is 9.59. The number of fused-ring (bicyclic) bond motifs is 1. The van der Waals surface area contributed by atoms with E-state index in [0.717, 1.165) is 18.9 Å². The number of nitrogens with one attached hydrogen (secondary N) is 1. The highest BCUT2D eigenvalue weighted by Crippen LogP contribution is 2.69. The Bertz CT molecular complexity index is 470. The maximum Gasteiger partial charge on any atom is 0.220 e. The van der Waals surface area contributed by atoms with Gasteiger partial charge < -0.3 is 10.1 Å². The Kier molecular flexibility index (Phi) is 4.32. The van der Waals surface area contributed by atoms with Crippen molar-refractivity contribution in [2.24, 2.45) is 34.5 Å². The fourth-order valence-electron chi connectivity index (χ4n) is 6.08. The summed E-state index contributed by atoms with van der Waals surface area (Å²) < 4.78 is 6.17. The minimum absolute atomic E-state index is 0.210. The van der Waals surface area contributed by atoms with Crippen LogP contribution < -0.4 is 5.32 Å². The Labute approximate surface area is 141 Å². The van der Waals surface area contributed by atoms with Crippen molar-refractivity contribution in [3.8, 4) is 0 Å². The molecule has 5 atom stereocenters. The van der Waals surface area contributed by atoms with Gasteiger partial charge in [-0.25, -0.2) is 0 Å². The van der Waals surface area contributed by atoms with Crippen LogP contribution in [0.15, 0.2) is 0 Å². The topological polar surface area (TPSA) is 38.3 Å². The molecule has 1 N–H and O–H groups in total. The van der Waals surface area contributed by atoms with Crippen LogP contribution in [0.3, 0.4) is 0 Å². The number of rotatable bonds is 4. The van der Waals surface area contributed by atoms with Crippen LogP contribution in [-0.2, 0) is 9.53 Å². The van der Waals surface area contributed by atoms with Crippen molar-refractivity contribution in [1.29, 1.82) is 0 Å². The van der Waals surface area contributed by atoms with Gasteiger partial charge in [0.1, 0.15) is 0 Å².